The molecule has 2 nitrogen and oxygen atoms in total. The molecule has 1 aliphatic carbocycles. The molecule has 2 unspecified atom stereocenters. The van der Waals surface area contributed by atoms with Crippen LogP contribution >= 0.6 is 0 Å². The molecule has 184 valence electrons. The number of likely N-dealkylation sites (N-methyl/N-ethyl adjacent to an activating group) is 1. The highest BCUT2D eigenvalue weighted by atomic mass is 15.2. The molecule has 0 aromatic heterocycles. The Kier molecular flexibility index (Phi) is 5.23. The maximum Gasteiger partial charge on any atom is 0.226 e. The van der Waals surface area contributed by atoms with Crippen molar-refractivity contribution in [3.8, 4) is 0 Å². The van der Waals surface area contributed by atoms with Gasteiger partial charge in [-0.2, -0.15) is 0 Å². The smallest absolute Gasteiger partial charge is 0.226 e. The van der Waals surface area contributed by atoms with Crippen LogP contribution in [0.5, 0.6) is 0 Å². The molecule has 2 heterocycles. The van der Waals surface area contributed by atoms with E-state index in [1.807, 2.05) is 0 Å². The van der Waals surface area contributed by atoms with Crippen molar-refractivity contribution in [1.82, 2.24) is 0 Å². The zero-order valence-electron chi connectivity index (χ0n) is 23.7. The molecule has 0 radical (unpaired) electrons. The van der Waals surface area contributed by atoms with Crippen molar-refractivity contribution in [1.29, 1.82) is 0 Å². The van der Waals surface area contributed by atoms with E-state index in [0.29, 0.717) is 18.6 Å². The molecule has 5 rings (SSSR count). The lowest BCUT2D eigenvalue weighted by atomic mass is 9.29. The van der Waals surface area contributed by atoms with Crippen LogP contribution < -0.4 is 20.7 Å². The maximum atomic E-state index is 2.56. The van der Waals surface area contributed by atoms with Gasteiger partial charge in [0.15, 0.2) is 0 Å². The molecule has 2 aromatic rings. The second kappa shape index (κ2) is 7.54. The van der Waals surface area contributed by atoms with Crippen LogP contribution in [-0.4, -0.2) is 26.8 Å². The van der Waals surface area contributed by atoms with Gasteiger partial charge < -0.3 is 9.80 Å². The molecule has 0 amide bonds. The number of allylic oxidation sites excluding steroid dienone is 2. The minimum Gasteiger partial charge on any atom is -0.369 e. The number of anilines is 3. The summed E-state index contributed by atoms with van der Waals surface area (Å²) in [6.45, 7) is 21.3. The van der Waals surface area contributed by atoms with Gasteiger partial charge in [0.2, 0.25) is 6.71 Å². The molecule has 0 saturated heterocycles. The van der Waals surface area contributed by atoms with Crippen LogP contribution in [0.4, 0.5) is 17.1 Å². The number of hydrogen-bond acceptors (Lipinski definition) is 2. The zero-order valence-corrected chi connectivity index (χ0v) is 23.7. The van der Waals surface area contributed by atoms with E-state index in [1.165, 1.54) is 44.7 Å². The van der Waals surface area contributed by atoms with Gasteiger partial charge in [0, 0.05) is 37.2 Å². The molecule has 0 saturated carbocycles. The summed E-state index contributed by atoms with van der Waals surface area (Å²) in [6, 6.07) is 12.6. The van der Waals surface area contributed by atoms with Crippen molar-refractivity contribution in [3.63, 3.8) is 0 Å². The molecule has 2 atom stereocenters. The summed E-state index contributed by atoms with van der Waals surface area (Å²) in [5.41, 5.74) is 11.7. The van der Waals surface area contributed by atoms with E-state index in [9.17, 15) is 0 Å². The van der Waals surface area contributed by atoms with Crippen molar-refractivity contribution in [2.45, 2.75) is 85.0 Å². The number of fused-ring (bicyclic) bond motifs is 4. The van der Waals surface area contributed by atoms with Crippen LogP contribution in [0.2, 0.25) is 5.82 Å². The van der Waals surface area contributed by atoms with Gasteiger partial charge in [-0.15, -0.1) is 0 Å². The molecule has 3 heteroatoms. The fourth-order valence-electron chi connectivity index (χ4n) is 6.21. The average Bonchev–Trinajstić information content (AvgIpc) is 2.75. The molecule has 0 N–H and O–H groups in total. The summed E-state index contributed by atoms with van der Waals surface area (Å²) in [5.74, 6) is 0.422. The van der Waals surface area contributed by atoms with Gasteiger partial charge in [-0.1, -0.05) is 98.1 Å². The van der Waals surface area contributed by atoms with Crippen molar-refractivity contribution in [3.05, 3.63) is 65.3 Å². The van der Waals surface area contributed by atoms with Crippen LogP contribution in [0.15, 0.2) is 54.1 Å². The monoisotopic (exact) mass is 466 g/mol. The van der Waals surface area contributed by atoms with E-state index < -0.39 is 0 Å². The largest absolute Gasteiger partial charge is 0.369 e. The first-order valence-corrected chi connectivity index (χ1v) is 13.3. The summed E-state index contributed by atoms with van der Waals surface area (Å²) in [5, 5.41) is 0. The van der Waals surface area contributed by atoms with E-state index >= 15 is 0 Å². The first kappa shape index (κ1) is 24.3. The maximum absolute atomic E-state index is 2.56. The van der Waals surface area contributed by atoms with Crippen molar-refractivity contribution in [2.75, 3.05) is 23.9 Å². The third-order valence-corrected chi connectivity index (χ3v) is 8.59. The fraction of sp³-hybridized carbons (Fsp3) is 0.500. The highest BCUT2D eigenvalue weighted by molar-refractivity contribution is 6.91. The lowest BCUT2D eigenvalue weighted by molar-refractivity contribution is 0.507. The average molecular weight is 467 g/mol. The van der Waals surface area contributed by atoms with Gasteiger partial charge in [-0.25, -0.2) is 0 Å². The predicted octanol–water partition coefficient (Wildman–Crippen LogP) is 6.70. The summed E-state index contributed by atoms with van der Waals surface area (Å²) < 4.78 is 0. The Bertz CT molecular complexity index is 1250. The Morgan fingerprint density at radius 1 is 0.714 bits per heavy atom. The van der Waals surface area contributed by atoms with Crippen LogP contribution in [-0.2, 0) is 10.8 Å². The molecule has 0 fully saturated rings. The molecule has 2 aromatic carbocycles. The summed E-state index contributed by atoms with van der Waals surface area (Å²) in [4.78, 5) is 5.03. The first-order valence-electron chi connectivity index (χ1n) is 13.3. The molecule has 0 spiro atoms. The summed E-state index contributed by atoms with van der Waals surface area (Å²) in [7, 11) is 4.58. The Morgan fingerprint density at radius 2 is 1.31 bits per heavy atom. The number of nitrogens with zero attached hydrogens (tertiary/aromatic N) is 2. The number of hydrogen-bond donors (Lipinski definition) is 0. The lowest BCUT2D eigenvalue weighted by Gasteiger charge is -2.50. The SMILES string of the molecule is CN1c2cc(C(C)(C)C)ccc2B2c3c1cc(C(C)(C)C)cc3N(C)C1C=C(C(C)(C)C)C=CC21. The van der Waals surface area contributed by atoms with E-state index in [0.717, 1.165) is 0 Å². The standard InChI is InChI=1S/C32H43BN2/c1-30(2,3)20-12-14-23-25(16-20)34(10)27-18-22(32(7,8)9)19-28-29(27)33(23)24-15-13-21(31(4,5)6)17-26(24)35(28)11/h12-19,23,25H,1-11H3. The molecule has 2 aliphatic heterocycles. The molecular weight excluding hydrogens is 423 g/mol. The van der Waals surface area contributed by atoms with Crippen LogP contribution in [0.25, 0.3) is 0 Å². The van der Waals surface area contributed by atoms with Crippen molar-refractivity contribution >= 4 is 34.7 Å². The Balaban J connectivity index is 1.79. The highest BCUT2D eigenvalue weighted by Gasteiger charge is 2.48. The third kappa shape index (κ3) is 3.77. The quantitative estimate of drug-likeness (QED) is 0.399. The number of rotatable bonds is 0. The van der Waals surface area contributed by atoms with Crippen LogP contribution in [0.3, 0.4) is 0 Å². The van der Waals surface area contributed by atoms with Crippen molar-refractivity contribution < 1.29 is 0 Å². The van der Waals surface area contributed by atoms with Gasteiger partial charge >= 0.3 is 0 Å². The molecular formula is C32H43BN2. The van der Waals surface area contributed by atoms with Gasteiger partial charge in [0.05, 0.1) is 0 Å². The van der Waals surface area contributed by atoms with Gasteiger partial charge in [0.1, 0.15) is 0 Å². The topological polar surface area (TPSA) is 6.48 Å². The van der Waals surface area contributed by atoms with E-state index in [1.54, 1.807) is 0 Å². The third-order valence-electron chi connectivity index (χ3n) is 8.59. The van der Waals surface area contributed by atoms with Gasteiger partial charge in [0.25, 0.3) is 0 Å². The normalized spacial score (nSPS) is 21.5. The van der Waals surface area contributed by atoms with Gasteiger partial charge in [-0.3, -0.25) is 0 Å². The second-order valence-corrected chi connectivity index (χ2v) is 14.1. The second-order valence-electron chi connectivity index (χ2n) is 14.1. The Morgan fingerprint density at radius 3 is 1.91 bits per heavy atom. The lowest BCUT2D eigenvalue weighted by Crippen LogP contribution is -2.62. The fourth-order valence-corrected chi connectivity index (χ4v) is 6.21. The van der Waals surface area contributed by atoms with Crippen LogP contribution in [0.1, 0.15) is 73.4 Å². The Hall–Kier alpha value is -2.42. The van der Waals surface area contributed by atoms with Crippen LogP contribution in [0, 0.1) is 5.41 Å². The molecule has 3 aliphatic rings. The van der Waals surface area contributed by atoms with E-state index in [4.69, 9.17) is 0 Å². The number of benzene rings is 2. The minimum atomic E-state index is 0.0893. The van der Waals surface area contributed by atoms with Crippen molar-refractivity contribution in [2.24, 2.45) is 5.41 Å². The zero-order chi connectivity index (χ0) is 25.7. The van der Waals surface area contributed by atoms with E-state index in [-0.39, 0.29) is 16.2 Å². The summed E-state index contributed by atoms with van der Waals surface area (Å²) in [6.07, 6.45) is 7.48. The van der Waals surface area contributed by atoms with E-state index in [2.05, 4.69) is 135 Å². The van der Waals surface area contributed by atoms with Gasteiger partial charge in [-0.05, 0) is 62.4 Å². The predicted molar refractivity (Wildman–Crippen MR) is 156 cm³/mol. The summed E-state index contributed by atoms with van der Waals surface area (Å²) >= 11 is 0. The Labute approximate surface area is 214 Å². The molecule has 0 bridgehead atoms. The highest BCUT2D eigenvalue weighted by Crippen LogP contribution is 2.46. The molecule has 35 heavy (non-hydrogen) atoms. The first-order chi connectivity index (χ1) is 16.1. The minimum absolute atomic E-state index is 0.0893.